The SMILES string of the molecule is CC(C)(O)c1ccc(-c2cc(C(N)=O)c(Nc3cccc(CNCCN(C(=O)O)C(C)(C)C)n3)s2)c(F)c1. The molecule has 204 valence electrons. The summed E-state index contributed by atoms with van der Waals surface area (Å²) < 4.78 is 14.9. The average Bonchev–Trinajstić information content (AvgIpc) is 3.21. The smallest absolute Gasteiger partial charge is 0.407 e. The van der Waals surface area contributed by atoms with Crippen molar-refractivity contribution in [2.24, 2.45) is 5.73 Å². The van der Waals surface area contributed by atoms with Crippen LogP contribution in [0.25, 0.3) is 10.4 Å². The van der Waals surface area contributed by atoms with E-state index in [9.17, 15) is 24.2 Å². The predicted molar refractivity (Wildman–Crippen MR) is 147 cm³/mol. The van der Waals surface area contributed by atoms with Gasteiger partial charge in [0.05, 0.1) is 16.9 Å². The Bertz CT molecular complexity index is 1310. The number of rotatable bonds is 10. The number of nitrogens with zero attached hydrogens (tertiary/aromatic N) is 2. The molecule has 0 saturated carbocycles. The second kappa shape index (κ2) is 11.5. The van der Waals surface area contributed by atoms with Crippen LogP contribution in [-0.2, 0) is 12.1 Å². The van der Waals surface area contributed by atoms with Crippen LogP contribution in [0.15, 0.2) is 42.5 Å². The number of benzene rings is 1. The second-order valence-electron chi connectivity index (χ2n) is 10.4. The van der Waals surface area contributed by atoms with E-state index in [-0.39, 0.29) is 11.1 Å². The molecule has 0 radical (unpaired) electrons. The molecule has 1 aromatic carbocycles. The number of thiophene rings is 1. The van der Waals surface area contributed by atoms with Crippen molar-refractivity contribution in [3.63, 3.8) is 0 Å². The summed E-state index contributed by atoms with van der Waals surface area (Å²) >= 11 is 1.17. The largest absolute Gasteiger partial charge is 0.465 e. The van der Waals surface area contributed by atoms with Gasteiger partial charge in [0.1, 0.15) is 16.6 Å². The molecular weight excluding hydrogens is 509 g/mol. The molecule has 0 unspecified atom stereocenters. The number of amides is 2. The Morgan fingerprint density at radius 1 is 1.13 bits per heavy atom. The normalized spacial score (nSPS) is 11.9. The molecule has 6 N–H and O–H groups in total. The van der Waals surface area contributed by atoms with Crippen LogP contribution in [0.3, 0.4) is 0 Å². The monoisotopic (exact) mass is 543 g/mol. The molecule has 9 nitrogen and oxygen atoms in total. The van der Waals surface area contributed by atoms with Crippen LogP contribution >= 0.6 is 11.3 Å². The number of halogens is 1. The lowest BCUT2D eigenvalue weighted by atomic mass is 9.96. The topological polar surface area (TPSA) is 141 Å². The van der Waals surface area contributed by atoms with Crippen molar-refractivity contribution in [3.8, 4) is 10.4 Å². The van der Waals surface area contributed by atoms with Crippen molar-refractivity contribution in [1.82, 2.24) is 15.2 Å². The average molecular weight is 544 g/mol. The van der Waals surface area contributed by atoms with Gasteiger partial charge < -0.3 is 31.5 Å². The minimum Gasteiger partial charge on any atom is -0.465 e. The molecule has 0 fully saturated rings. The van der Waals surface area contributed by atoms with Crippen molar-refractivity contribution in [1.29, 1.82) is 0 Å². The lowest BCUT2D eigenvalue weighted by molar-refractivity contribution is 0.0782. The minimum atomic E-state index is -1.19. The van der Waals surface area contributed by atoms with Gasteiger partial charge in [0.25, 0.3) is 5.91 Å². The van der Waals surface area contributed by atoms with Gasteiger partial charge >= 0.3 is 6.09 Å². The van der Waals surface area contributed by atoms with Crippen LogP contribution in [0.1, 0.15) is 56.2 Å². The summed E-state index contributed by atoms with van der Waals surface area (Å²) in [5.41, 5.74) is 5.53. The highest BCUT2D eigenvalue weighted by Gasteiger charge is 2.25. The molecule has 38 heavy (non-hydrogen) atoms. The molecule has 2 amide bonds. The first-order valence-electron chi connectivity index (χ1n) is 12.1. The fourth-order valence-corrected chi connectivity index (χ4v) is 4.88. The molecular formula is C27H34FN5O4S. The molecule has 0 bridgehead atoms. The number of carbonyl (C=O) groups excluding carboxylic acids is 1. The Hall–Kier alpha value is -3.54. The highest BCUT2D eigenvalue weighted by molar-refractivity contribution is 7.19. The summed E-state index contributed by atoms with van der Waals surface area (Å²) in [5, 5.41) is 26.3. The van der Waals surface area contributed by atoms with Gasteiger partial charge in [-0.15, -0.1) is 11.3 Å². The number of anilines is 2. The van der Waals surface area contributed by atoms with Crippen LogP contribution in [0.4, 0.5) is 20.0 Å². The number of hydrogen-bond donors (Lipinski definition) is 5. The number of nitrogens with two attached hydrogens (primary N) is 1. The summed E-state index contributed by atoms with van der Waals surface area (Å²) in [5.74, 6) is -0.712. The zero-order chi connectivity index (χ0) is 28.3. The standard InChI is InChI=1S/C27H34FN5O4S/c1-26(2,3)33(25(35)36)12-11-30-15-17-7-6-8-22(31-17)32-24-19(23(29)34)14-21(38-24)18-10-9-16(13-20(18)28)27(4,5)37/h6-10,13-14,30,37H,11-12,15H2,1-5H3,(H2,29,34)(H,31,32)(H,35,36). The summed E-state index contributed by atoms with van der Waals surface area (Å²) in [6, 6.07) is 11.4. The Morgan fingerprint density at radius 3 is 2.42 bits per heavy atom. The third-order valence-electron chi connectivity index (χ3n) is 5.85. The van der Waals surface area contributed by atoms with E-state index in [1.807, 2.05) is 26.8 Å². The van der Waals surface area contributed by atoms with Crippen LogP contribution in [0.5, 0.6) is 0 Å². The first kappa shape index (κ1) is 29.0. The number of carbonyl (C=O) groups is 2. The van der Waals surface area contributed by atoms with Crippen molar-refractivity contribution >= 4 is 34.2 Å². The highest BCUT2D eigenvalue weighted by atomic mass is 32.1. The van der Waals surface area contributed by atoms with Crippen LogP contribution in [0.2, 0.25) is 0 Å². The van der Waals surface area contributed by atoms with E-state index in [0.717, 1.165) is 0 Å². The van der Waals surface area contributed by atoms with Crippen LogP contribution < -0.4 is 16.4 Å². The lowest BCUT2D eigenvalue weighted by Crippen LogP contribution is -2.47. The zero-order valence-electron chi connectivity index (χ0n) is 22.1. The third kappa shape index (κ3) is 7.27. The number of aromatic nitrogens is 1. The van der Waals surface area contributed by atoms with Crippen molar-refractivity contribution < 1.29 is 24.2 Å². The molecule has 11 heteroatoms. The molecule has 3 rings (SSSR count). The van der Waals surface area contributed by atoms with E-state index < -0.39 is 29.0 Å². The second-order valence-corrected chi connectivity index (χ2v) is 11.4. The molecule has 0 spiro atoms. The highest BCUT2D eigenvalue weighted by Crippen LogP contribution is 2.38. The maximum Gasteiger partial charge on any atom is 0.407 e. The molecule has 2 aromatic heterocycles. The zero-order valence-corrected chi connectivity index (χ0v) is 22.9. The Kier molecular flexibility index (Phi) is 8.75. The summed E-state index contributed by atoms with van der Waals surface area (Å²) in [4.78, 5) is 30.0. The predicted octanol–water partition coefficient (Wildman–Crippen LogP) is 4.89. The minimum absolute atomic E-state index is 0.206. The van der Waals surface area contributed by atoms with E-state index >= 15 is 0 Å². The molecule has 0 aliphatic heterocycles. The Morgan fingerprint density at radius 2 is 1.84 bits per heavy atom. The number of aliphatic hydroxyl groups is 1. The van der Waals surface area contributed by atoms with Gasteiger partial charge in [-0.3, -0.25) is 4.79 Å². The van der Waals surface area contributed by atoms with E-state index in [0.29, 0.717) is 46.6 Å². The lowest BCUT2D eigenvalue weighted by Gasteiger charge is -2.33. The van der Waals surface area contributed by atoms with Gasteiger partial charge in [0.15, 0.2) is 0 Å². The number of nitrogens with one attached hydrogen (secondary N) is 2. The Balaban J connectivity index is 1.74. The molecule has 0 atom stereocenters. The number of hydrogen-bond acceptors (Lipinski definition) is 7. The molecule has 0 aliphatic carbocycles. The van der Waals surface area contributed by atoms with E-state index in [2.05, 4.69) is 15.6 Å². The first-order valence-corrected chi connectivity index (χ1v) is 12.9. The summed E-state index contributed by atoms with van der Waals surface area (Å²) in [6.07, 6.45) is -0.975. The van der Waals surface area contributed by atoms with E-state index in [4.69, 9.17) is 5.73 Å². The van der Waals surface area contributed by atoms with Crippen molar-refractivity contribution in [3.05, 3.63) is 65.1 Å². The fraction of sp³-hybridized carbons (Fsp3) is 0.370. The van der Waals surface area contributed by atoms with Gasteiger partial charge in [0, 0.05) is 35.6 Å². The summed E-state index contributed by atoms with van der Waals surface area (Å²) in [6.45, 7) is 9.85. The molecule has 3 aromatic rings. The van der Waals surface area contributed by atoms with Gasteiger partial charge in [-0.1, -0.05) is 18.2 Å². The Labute approximate surface area is 225 Å². The van der Waals surface area contributed by atoms with Crippen molar-refractivity contribution in [2.75, 3.05) is 18.4 Å². The first-order chi connectivity index (χ1) is 17.7. The summed E-state index contributed by atoms with van der Waals surface area (Å²) in [7, 11) is 0. The van der Waals surface area contributed by atoms with Crippen LogP contribution in [-0.4, -0.2) is 50.7 Å². The van der Waals surface area contributed by atoms with Crippen molar-refractivity contribution in [2.45, 2.75) is 52.3 Å². The maximum atomic E-state index is 14.9. The fourth-order valence-electron chi connectivity index (χ4n) is 3.78. The van der Waals surface area contributed by atoms with E-state index in [1.54, 1.807) is 38.1 Å². The number of primary amides is 1. The van der Waals surface area contributed by atoms with E-state index in [1.165, 1.54) is 28.4 Å². The molecule has 2 heterocycles. The number of pyridine rings is 1. The van der Waals surface area contributed by atoms with Gasteiger partial charge in [-0.25, -0.2) is 14.2 Å². The maximum absolute atomic E-state index is 14.9. The van der Waals surface area contributed by atoms with Gasteiger partial charge in [-0.05, 0) is 64.4 Å². The molecule has 0 aliphatic rings. The molecule has 0 saturated heterocycles. The van der Waals surface area contributed by atoms with Gasteiger partial charge in [-0.2, -0.15) is 0 Å². The number of carboxylic acid groups (broad SMARTS) is 1. The third-order valence-corrected chi connectivity index (χ3v) is 6.93. The van der Waals surface area contributed by atoms with Gasteiger partial charge in [0.2, 0.25) is 0 Å². The van der Waals surface area contributed by atoms with Crippen LogP contribution in [0, 0.1) is 5.82 Å². The quantitative estimate of drug-likeness (QED) is 0.229.